The summed E-state index contributed by atoms with van der Waals surface area (Å²) >= 11 is 0. The average Bonchev–Trinajstić information content (AvgIpc) is 3.08. The summed E-state index contributed by atoms with van der Waals surface area (Å²) in [5.41, 5.74) is 4.48. The molecule has 0 spiro atoms. The quantitative estimate of drug-likeness (QED) is 0.391. The van der Waals surface area contributed by atoms with Crippen LogP contribution in [-0.2, 0) is 0 Å². The Morgan fingerprint density at radius 1 is 0.857 bits per heavy atom. The molecule has 2 aromatic heterocycles. The normalized spacial score (nSPS) is 11.4. The van der Waals surface area contributed by atoms with Crippen LogP contribution in [0.5, 0.6) is 0 Å². The van der Waals surface area contributed by atoms with Crippen LogP contribution < -0.4 is 0 Å². The first-order valence-electron chi connectivity index (χ1n) is 8.91. The van der Waals surface area contributed by atoms with E-state index in [-0.39, 0.29) is 5.69 Å². The van der Waals surface area contributed by atoms with Gasteiger partial charge in [-0.15, -0.1) is 0 Å². The monoisotopic (exact) mass is 371 g/mol. The molecule has 0 aliphatic rings. The van der Waals surface area contributed by atoms with Crippen LogP contribution in [0.1, 0.15) is 5.56 Å². The number of hydrogen-bond donors (Lipinski definition) is 0. The first-order chi connectivity index (χ1) is 13.6. The van der Waals surface area contributed by atoms with Crippen molar-refractivity contribution in [2.24, 2.45) is 0 Å². The zero-order chi connectivity index (χ0) is 19.3. The van der Waals surface area contributed by atoms with E-state index < -0.39 is 11.6 Å². The Morgan fingerprint density at radius 2 is 1.64 bits per heavy atom. The molecule has 0 unspecified atom stereocenters. The molecule has 3 aromatic carbocycles. The van der Waals surface area contributed by atoms with E-state index in [0.717, 1.165) is 39.0 Å². The summed E-state index contributed by atoms with van der Waals surface area (Å²) in [4.78, 5) is 4.55. The molecule has 0 amide bonds. The Hall–Kier alpha value is -3.60. The van der Waals surface area contributed by atoms with E-state index in [1.165, 1.54) is 12.1 Å². The molecule has 136 valence electrons. The van der Waals surface area contributed by atoms with E-state index in [4.69, 9.17) is 5.10 Å². The van der Waals surface area contributed by atoms with Crippen molar-refractivity contribution in [1.29, 1.82) is 0 Å². The maximum absolute atomic E-state index is 14.6. The van der Waals surface area contributed by atoms with E-state index in [1.807, 2.05) is 55.5 Å². The Balaban J connectivity index is 1.90. The number of para-hydroxylation sites is 1. The fourth-order valence-corrected chi connectivity index (χ4v) is 3.48. The molecule has 0 saturated heterocycles. The topological polar surface area (TPSA) is 30.7 Å². The van der Waals surface area contributed by atoms with Crippen molar-refractivity contribution >= 4 is 21.8 Å². The van der Waals surface area contributed by atoms with Crippen molar-refractivity contribution in [3.05, 3.63) is 90.1 Å². The van der Waals surface area contributed by atoms with Gasteiger partial charge in [0.2, 0.25) is 0 Å². The molecular formula is C23H15F2N3. The molecule has 5 heteroatoms. The lowest BCUT2D eigenvalue weighted by molar-refractivity contribution is 0.575. The summed E-state index contributed by atoms with van der Waals surface area (Å²) in [6.45, 7) is 2.02. The van der Waals surface area contributed by atoms with Crippen LogP contribution in [0, 0.1) is 18.6 Å². The number of fused-ring (bicyclic) bond motifs is 3. The minimum absolute atomic E-state index is 0.195. The third-order valence-corrected chi connectivity index (χ3v) is 4.88. The molecule has 0 fully saturated rings. The number of nitrogens with zero attached hydrogens (tertiary/aromatic N) is 3. The number of aromatic nitrogens is 3. The van der Waals surface area contributed by atoms with Gasteiger partial charge in [0.1, 0.15) is 17.2 Å². The first kappa shape index (κ1) is 16.6. The molecule has 0 atom stereocenters. The van der Waals surface area contributed by atoms with Gasteiger partial charge in [-0.05, 0) is 25.1 Å². The fourth-order valence-electron chi connectivity index (χ4n) is 3.48. The van der Waals surface area contributed by atoms with Crippen molar-refractivity contribution in [3.8, 4) is 16.9 Å². The first-order valence-corrected chi connectivity index (χ1v) is 8.91. The molecule has 0 radical (unpaired) electrons. The Morgan fingerprint density at radius 3 is 2.43 bits per heavy atom. The zero-order valence-corrected chi connectivity index (χ0v) is 15.0. The molecule has 3 nitrogen and oxygen atoms in total. The van der Waals surface area contributed by atoms with Gasteiger partial charge in [-0.25, -0.2) is 13.5 Å². The highest BCUT2D eigenvalue weighted by molar-refractivity contribution is 6.08. The van der Waals surface area contributed by atoms with Gasteiger partial charge in [-0.3, -0.25) is 4.98 Å². The number of benzene rings is 3. The van der Waals surface area contributed by atoms with E-state index in [0.29, 0.717) is 5.69 Å². The average molecular weight is 371 g/mol. The third kappa shape index (κ3) is 2.55. The Bertz CT molecular complexity index is 1340. The van der Waals surface area contributed by atoms with Crippen LogP contribution >= 0.6 is 0 Å². The molecule has 2 heterocycles. The highest BCUT2D eigenvalue weighted by Gasteiger charge is 2.19. The van der Waals surface area contributed by atoms with Crippen LogP contribution in [0.15, 0.2) is 72.9 Å². The van der Waals surface area contributed by atoms with Gasteiger partial charge >= 0.3 is 0 Å². The SMILES string of the molecule is Cc1ccc(-c2nn(-c3ccc(F)cc3F)c3c2cnc2ccccc23)cc1. The van der Waals surface area contributed by atoms with Crippen molar-refractivity contribution in [3.63, 3.8) is 0 Å². The van der Waals surface area contributed by atoms with E-state index in [1.54, 1.807) is 10.9 Å². The van der Waals surface area contributed by atoms with Crippen LogP contribution in [0.2, 0.25) is 0 Å². The van der Waals surface area contributed by atoms with Crippen LogP contribution in [0.4, 0.5) is 8.78 Å². The zero-order valence-electron chi connectivity index (χ0n) is 15.0. The van der Waals surface area contributed by atoms with E-state index in [9.17, 15) is 8.78 Å². The standard InChI is InChI=1S/C23H15F2N3/c1-14-6-8-15(9-7-14)22-18-13-26-20-5-3-2-4-17(20)23(18)28(27-22)21-11-10-16(24)12-19(21)25/h2-13H,1H3. The summed E-state index contributed by atoms with van der Waals surface area (Å²) in [7, 11) is 0. The number of hydrogen-bond acceptors (Lipinski definition) is 2. The van der Waals surface area contributed by atoms with Gasteiger partial charge in [-0.1, -0.05) is 48.0 Å². The molecular weight excluding hydrogens is 356 g/mol. The molecule has 28 heavy (non-hydrogen) atoms. The van der Waals surface area contributed by atoms with Gasteiger partial charge in [0, 0.05) is 28.6 Å². The maximum Gasteiger partial charge on any atom is 0.151 e. The molecule has 0 aliphatic heterocycles. The second-order valence-electron chi connectivity index (χ2n) is 6.76. The van der Waals surface area contributed by atoms with Gasteiger partial charge in [0.15, 0.2) is 5.82 Å². The summed E-state index contributed by atoms with van der Waals surface area (Å²) in [6.07, 6.45) is 1.76. The third-order valence-electron chi connectivity index (χ3n) is 4.88. The molecule has 5 aromatic rings. The summed E-state index contributed by atoms with van der Waals surface area (Å²) in [5, 5.41) is 6.38. The van der Waals surface area contributed by atoms with Crippen LogP contribution in [0.3, 0.4) is 0 Å². The second kappa shape index (κ2) is 6.23. The van der Waals surface area contributed by atoms with Crippen molar-refractivity contribution in [2.45, 2.75) is 6.92 Å². The predicted molar refractivity (Wildman–Crippen MR) is 106 cm³/mol. The Labute approximate surface area is 159 Å². The van der Waals surface area contributed by atoms with Crippen molar-refractivity contribution in [1.82, 2.24) is 14.8 Å². The number of halogens is 2. The minimum Gasteiger partial charge on any atom is -0.255 e. The lowest BCUT2D eigenvalue weighted by Crippen LogP contribution is -2.01. The lowest BCUT2D eigenvalue weighted by Gasteiger charge is -2.07. The largest absolute Gasteiger partial charge is 0.255 e. The molecule has 0 N–H and O–H groups in total. The fraction of sp³-hybridized carbons (Fsp3) is 0.0435. The second-order valence-corrected chi connectivity index (χ2v) is 6.76. The highest BCUT2D eigenvalue weighted by Crippen LogP contribution is 2.34. The van der Waals surface area contributed by atoms with Crippen LogP contribution in [-0.4, -0.2) is 14.8 Å². The molecule has 5 rings (SSSR count). The molecule has 0 aliphatic carbocycles. The van der Waals surface area contributed by atoms with Gasteiger partial charge < -0.3 is 0 Å². The van der Waals surface area contributed by atoms with E-state index in [2.05, 4.69) is 4.98 Å². The predicted octanol–water partition coefficient (Wildman–Crippen LogP) is 5.83. The minimum atomic E-state index is -0.666. The molecule has 0 saturated carbocycles. The summed E-state index contributed by atoms with van der Waals surface area (Å²) < 4.78 is 29.6. The summed E-state index contributed by atoms with van der Waals surface area (Å²) in [5.74, 6) is -1.29. The van der Waals surface area contributed by atoms with E-state index >= 15 is 0 Å². The van der Waals surface area contributed by atoms with Crippen molar-refractivity contribution in [2.75, 3.05) is 0 Å². The number of aryl methyl sites for hydroxylation is 1. The van der Waals surface area contributed by atoms with Crippen molar-refractivity contribution < 1.29 is 8.78 Å². The van der Waals surface area contributed by atoms with Gasteiger partial charge in [0.25, 0.3) is 0 Å². The van der Waals surface area contributed by atoms with Gasteiger partial charge in [0.05, 0.1) is 11.0 Å². The Kier molecular flexibility index (Phi) is 3.69. The molecule has 0 bridgehead atoms. The number of rotatable bonds is 2. The summed E-state index contributed by atoms with van der Waals surface area (Å²) in [6, 6.07) is 19.1. The lowest BCUT2D eigenvalue weighted by atomic mass is 10.1. The highest BCUT2D eigenvalue weighted by atomic mass is 19.1. The maximum atomic E-state index is 14.6. The number of pyridine rings is 1. The smallest absolute Gasteiger partial charge is 0.151 e. The van der Waals surface area contributed by atoms with Gasteiger partial charge in [-0.2, -0.15) is 5.10 Å². The van der Waals surface area contributed by atoms with Crippen LogP contribution in [0.25, 0.3) is 38.8 Å².